The zero-order valence-electron chi connectivity index (χ0n) is 12.0. The summed E-state index contributed by atoms with van der Waals surface area (Å²) in [4.78, 5) is 4.74. The Labute approximate surface area is 111 Å². The Morgan fingerprint density at radius 2 is 1.89 bits per heavy atom. The van der Waals surface area contributed by atoms with Gasteiger partial charge in [-0.15, -0.1) is 0 Å². The average Bonchev–Trinajstić information content (AvgIpc) is 2.26. The summed E-state index contributed by atoms with van der Waals surface area (Å²) in [7, 11) is 6.57. The van der Waals surface area contributed by atoms with Crippen LogP contribution in [0.4, 0.5) is 11.4 Å². The standard InChI is InChI=1S/C15H25N3/c1-12-10-13(6-7-14(12)16)18(4)11-15(17(2)3)8-5-9-15/h6-7,10H,5,8-9,11,16H2,1-4H3. The van der Waals surface area contributed by atoms with Gasteiger partial charge < -0.3 is 15.5 Å². The van der Waals surface area contributed by atoms with Crippen molar-refractivity contribution in [2.45, 2.75) is 31.7 Å². The van der Waals surface area contributed by atoms with Gasteiger partial charge in [-0.25, -0.2) is 0 Å². The molecule has 2 rings (SSSR count). The number of nitrogen functional groups attached to an aromatic ring is 1. The van der Waals surface area contributed by atoms with Gasteiger partial charge in [-0.2, -0.15) is 0 Å². The van der Waals surface area contributed by atoms with Crippen LogP contribution in [0.2, 0.25) is 0 Å². The topological polar surface area (TPSA) is 32.5 Å². The van der Waals surface area contributed by atoms with Gasteiger partial charge >= 0.3 is 0 Å². The second kappa shape index (κ2) is 4.81. The van der Waals surface area contributed by atoms with Crippen LogP contribution in [0.15, 0.2) is 18.2 Å². The molecule has 1 aromatic carbocycles. The van der Waals surface area contributed by atoms with Gasteiger partial charge in [-0.05, 0) is 64.0 Å². The number of nitrogens with zero attached hydrogens (tertiary/aromatic N) is 2. The van der Waals surface area contributed by atoms with Gasteiger partial charge in [0.1, 0.15) is 0 Å². The summed E-state index contributed by atoms with van der Waals surface area (Å²) in [6.07, 6.45) is 3.96. The van der Waals surface area contributed by atoms with Gasteiger partial charge in [-0.1, -0.05) is 0 Å². The van der Waals surface area contributed by atoms with Crippen molar-refractivity contribution in [3.63, 3.8) is 0 Å². The van der Waals surface area contributed by atoms with Crippen LogP contribution in [-0.2, 0) is 0 Å². The molecule has 1 saturated carbocycles. The Balaban J connectivity index is 2.11. The summed E-state index contributed by atoms with van der Waals surface area (Å²) in [6, 6.07) is 6.30. The maximum absolute atomic E-state index is 5.87. The maximum atomic E-state index is 5.87. The first-order chi connectivity index (χ1) is 8.44. The zero-order valence-corrected chi connectivity index (χ0v) is 12.0. The molecular weight excluding hydrogens is 222 g/mol. The van der Waals surface area contributed by atoms with E-state index < -0.39 is 0 Å². The fourth-order valence-corrected chi connectivity index (χ4v) is 2.76. The van der Waals surface area contributed by atoms with Crippen LogP contribution in [0.25, 0.3) is 0 Å². The van der Waals surface area contributed by atoms with E-state index in [9.17, 15) is 0 Å². The Morgan fingerprint density at radius 3 is 2.33 bits per heavy atom. The van der Waals surface area contributed by atoms with E-state index in [2.05, 4.69) is 50.0 Å². The SMILES string of the molecule is Cc1cc(N(C)CC2(N(C)C)CCC2)ccc1N. The van der Waals surface area contributed by atoms with E-state index in [1.807, 2.05) is 6.07 Å². The van der Waals surface area contributed by atoms with Crippen molar-refractivity contribution in [2.75, 3.05) is 38.3 Å². The van der Waals surface area contributed by atoms with Crippen LogP contribution < -0.4 is 10.6 Å². The number of rotatable bonds is 4. The van der Waals surface area contributed by atoms with Crippen molar-refractivity contribution in [2.24, 2.45) is 0 Å². The van der Waals surface area contributed by atoms with Gasteiger partial charge in [0.25, 0.3) is 0 Å². The molecule has 0 radical (unpaired) electrons. The fraction of sp³-hybridized carbons (Fsp3) is 0.600. The minimum atomic E-state index is 0.365. The highest BCUT2D eigenvalue weighted by Gasteiger charge is 2.39. The molecule has 0 unspecified atom stereocenters. The Hall–Kier alpha value is -1.22. The predicted octanol–water partition coefficient (Wildman–Crippen LogP) is 2.50. The highest BCUT2D eigenvalue weighted by Crippen LogP contribution is 2.37. The van der Waals surface area contributed by atoms with Crippen LogP contribution in [-0.4, -0.2) is 38.1 Å². The summed E-state index contributed by atoms with van der Waals surface area (Å²) < 4.78 is 0. The summed E-state index contributed by atoms with van der Waals surface area (Å²) in [5.74, 6) is 0. The van der Waals surface area contributed by atoms with E-state index in [0.29, 0.717) is 5.54 Å². The van der Waals surface area contributed by atoms with Crippen LogP contribution >= 0.6 is 0 Å². The summed E-state index contributed by atoms with van der Waals surface area (Å²) in [5, 5.41) is 0. The first kappa shape index (κ1) is 13.2. The third kappa shape index (κ3) is 2.32. The first-order valence-electron chi connectivity index (χ1n) is 6.69. The monoisotopic (exact) mass is 247 g/mol. The number of hydrogen-bond acceptors (Lipinski definition) is 3. The molecule has 0 bridgehead atoms. The van der Waals surface area contributed by atoms with E-state index in [1.165, 1.54) is 24.9 Å². The summed E-state index contributed by atoms with van der Waals surface area (Å²) in [6.45, 7) is 3.15. The molecule has 100 valence electrons. The van der Waals surface area contributed by atoms with E-state index in [0.717, 1.165) is 17.8 Å². The molecule has 0 saturated heterocycles. The van der Waals surface area contributed by atoms with Gasteiger partial charge in [0.2, 0.25) is 0 Å². The van der Waals surface area contributed by atoms with E-state index in [4.69, 9.17) is 5.73 Å². The number of hydrogen-bond donors (Lipinski definition) is 1. The molecular formula is C15H25N3. The highest BCUT2D eigenvalue weighted by molar-refractivity contribution is 5.57. The van der Waals surface area contributed by atoms with Gasteiger partial charge in [-0.3, -0.25) is 0 Å². The molecule has 3 nitrogen and oxygen atoms in total. The lowest BCUT2D eigenvalue weighted by Crippen LogP contribution is -2.56. The lowest BCUT2D eigenvalue weighted by atomic mass is 9.75. The van der Waals surface area contributed by atoms with Crippen LogP contribution in [0.3, 0.4) is 0 Å². The second-order valence-corrected chi connectivity index (χ2v) is 5.87. The number of benzene rings is 1. The zero-order chi connectivity index (χ0) is 13.3. The van der Waals surface area contributed by atoms with Gasteiger partial charge in [0, 0.05) is 30.5 Å². The smallest absolute Gasteiger partial charge is 0.0378 e. The minimum absolute atomic E-state index is 0.365. The molecule has 0 heterocycles. The average molecular weight is 247 g/mol. The third-order valence-electron chi connectivity index (χ3n) is 4.46. The van der Waals surface area contributed by atoms with Crippen LogP contribution in [0, 0.1) is 6.92 Å². The fourth-order valence-electron chi connectivity index (χ4n) is 2.76. The van der Waals surface area contributed by atoms with Crippen LogP contribution in [0.5, 0.6) is 0 Å². The molecule has 1 fully saturated rings. The van der Waals surface area contributed by atoms with Crippen molar-refractivity contribution in [3.8, 4) is 0 Å². The molecule has 0 aliphatic heterocycles. The summed E-state index contributed by atoms with van der Waals surface area (Å²) >= 11 is 0. The van der Waals surface area contributed by atoms with E-state index >= 15 is 0 Å². The molecule has 0 spiro atoms. The third-order valence-corrected chi connectivity index (χ3v) is 4.46. The predicted molar refractivity (Wildman–Crippen MR) is 79.1 cm³/mol. The number of nitrogens with two attached hydrogens (primary N) is 1. The molecule has 3 heteroatoms. The van der Waals surface area contributed by atoms with Crippen LogP contribution in [0.1, 0.15) is 24.8 Å². The van der Waals surface area contributed by atoms with E-state index in [1.54, 1.807) is 0 Å². The first-order valence-corrected chi connectivity index (χ1v) is 6.69. The maximum Gasteiger partial charge on any atom is 0.0378 e. The Bertz CT molecular complexity index is 422. The molecule has 2 N–H and O–H groups in total. The lowest BCUT2D eigenvalue weighted by molar-refractivity contribution is 0.0683. The lowest BCUT2D eigenvalue weighted by Gasteiger charge is -2.49. The van der Waals surface area contributed by atoms with Gasteiger partial charge in [0.05, 0.1) is 0 Å². The molecule has 0 aromatic heterocycles. The largest absolute Gasteiger partial charge is 0.399 e. The van der Waals surface area contributed by atoms with Crippen molar-refractivity contribution >= 4 is 11.4 Å². The normalized spacial score (nSPS) is 17.6. The van der Waals surface area contributed by atoms with Crippen molar-refractivity contribution in [1.29, 1.82) is 0 Å². The highest BCUT2D eigenvalue weighted by atomic mass is 15.2. The molecule has 18 heavy (non-hydrogen) atoms. The quantitative estimate of drug-likeness (QED) is 0.830. The number of anilines is 2. The molecule has 0 atom stereocenters. The summed E-state index contributed by atoms with van der Waals surface area (Å²) in [5.41, 5.74) is 9.53. The van der Waals surface area contributed by atoms with E-state index in [-0.39, 0.29) is 0 Å². The van der Waals surface area contributed by atoms with Crippen molar-refractivity contribution in [1.82, 2.24) is 4.90 Å². The van der Waals surface area contributed by atoms with Gasteiger partial charge in [0.15, 0.2) is 0 Å². The molecule has 1 aromatic rings. The van der Waals surface area contributed by atoms with Crippen molar-refractivity contribution < 1.29 is 0 Å². The van der Waals surface area contributed by atoms with Crippen molar-refractivity contribution in [3.05, 3.63) is 23.8 Å². The minimum Gasteiger partial charge on any atom is -0.399 e. The molecule has 1 aliphatic rings. The number of likely N-dealkylation sites (N-methyl/N-ethyl adjacent to an activating group) is 2. The molecule has 1 aliphatic carbocycles. The number of aryl methyl sites for hydroxylation is 1. The Kier molecular flexibility index (Phi) is 3.53. The second-order valence-electron chi connectivity index (χ2n) is 5.87. The molecule has 0 amide bonds. The Morgan fingerprint density at radius 1 is 1.22 bits per heavy atom.